The van der Waals surface area contributed by atoms with Gasteiger partial charge in [-0.25, -0.2) is 15.1 Å². The molecule has 0 saturated heterocycles. The van der Waals surface area contributed by atoms with Gasteiger partial charge < -0.3 is 14.8 Å². The van der Waals surface area contributed by atoms with Gasteiger partial charge in [-0.15, -0.1) is 0 Å². The van der Waals surface area contributed by atoms with Crippen LogP contribution >= 0.6 is 11.6 Å². The Morgan fingerprint density at radius 3 is 2.58 bits per heavy atom. The third kappa shape index (κ3) is 4.89. The third-order valence-corrected chi connectivity index (χ3v) is 6.45. The number of rotatable bonds is 7. The van der Waals surface area contributed by atoms with E-state index < -0.39 is 34.5 Å². The molecule has 2 aromatic heterocycles. The molecule has 0 amide bonds. The molecule has 31 heavy (non-hydrogen) atoms. The van der Waals surface area contributed by atoms with Gasteiger partial charge in [0.15, 0.2) is 0 Å². The molecular formula is C20H23ClN4O5S. The molecule has 2 heterocycles. The Bertz CT molecular complexity index is 1170. The van der Waals surface area contributed by atoms with Gasteiger partial charge in [-0.3, -0.25) is 4.18 Å². The number of nitrogens with two attached hydrogens (primary N) is 1. The number of aliphatic hydroxyl groups excluding tert-OH is 2. The van der Waals surface area contributed by atoms with E-state index >= 15 is 0 Å². The van der Waals surface area contributed by atoms with Crippen molar-refractivity contribution in [3.05, 3.63) is 59.1 Å². The van der Waals surface area contributed by atoms with Crippen LogP contribution in [-0.4, -0.2) is 52.0 Å². The van der Waals surface area contributed by atoms with E-state index in [0.29, 0.717) is 23.5 Å². The average Bonchev–Trinajstić information content (AvgIpc) is 3.27. The molecule has 3 aromatic rings. The number of fused-ring (bicyclic) bond motifs is 1. The fraction of sp³-hybridized carbons (Fsp3) is 0.400. The highest BCUT2D eigenvalue weighted by Gasteiger charge is 2.43. The average molecular weight is 467 g/mol. The van der Waals surface area contributed by atoms with Crippen LogP contribution < -0.4 is 5.14 Å². The summed E-state index contributed by atoms with van der Waals surface area (Å²) < 4.78 is 28.5. The summed E-state index contributed by atoms with van der Waals surface area (Å²) in [5, 5.41) is 27.4. The first kappa shape index (κ1) is 22.1. The van der Waals surface area contributed by atoms with E-state index in [4.69, 9.17) is 16.7 Å². The number of benzene rings is 1. The first-order chi connectivity index (χ1) is 14.7. The maximum atomic E-state index is 11.1. The zero-order valence-corrected chi connectivity index (χ0v) is 18.1. The Hall–Kier alpha value is -2.08. The summed E-state index contributed by atoms with van der Waals surface area (Å²) in [6, 6.07) is 9.07. The molecule has 0 aliphatic heterocycles. The van der Waals surface area contributed by atoms with Gasteiger partial charge in [0, 0.05) is 22.5 Å². The smallest absolute Gasteiger partial charge is 0.333 e. The van der Waals surface area contributed by atoms with Crippen LogP contribution in [0.15, 0.2) is 42.9 Å². The van der Waals surface area contributed by atoms with Crippen molar-refractivity contribution in [1.82, 2.24) is 14.5 Å². The Kier molecular flexibility index (Phi) is 6.29. The highest BCUT2D eigenvalue weighted by atomic mass is 35.5. The van der Waals surface area contributed by atoms with Gasteiger partial charge in [-0.2, -0.15) is 8.42 Å². The lowest BCUT2D eigenvalue weighted by Gasteiger charge is -2.19. The Morgan fingerprint density at radius 2 is 1.87 bits per heavy atom. The molecule has 166 valence electrons. The van der Waals surface area contributed by atoms with Crippen LogP contribution in [0.5, 0.6) is 0 Å². The predicted molar refractivity (Wildman–Crippen MR) is 115 cm³/mol. The van der Waals surface area contributed by atoms with Gasteiger partial charge in [0.05, 0.1) is 24.4 Å². The van der Waals surface area contributed by atoms with Gasteiger partial charge in [0.25, 0.3) is 0 Å². The topological polar surface area (TPSA) is 141 Å². The van der Waals surface area contributed by atoms with E-state index in [2.05, 4.69) is 14.2 Å². The first-order valence-electron chi connectivity index (χ1n) is 9.81. The third-order valence-electron chi connectivity index (χ3n) is 5.73. The fourth-order valence-electron chi connectivity index (χ4n) is 4.13. The summed E-state index contributed by atoms with van der Waals surface area (Å²) in [4.78, 5) is 8.80. The lowest BCUT2D eigenvalue weighted by Crippen LogP contribution is -2.31. The maximum absolute atomic E-state index is 11.1. The molecule has 9 nitrogen and oxygen atoms in total. The number of halogens is 1. The van der Waals surface area contributed by atoms with Gasteiger partial charge in [-0.05, 0) is 43.0 Å². The van der Waals surface area contributed by atoms with E-state index in [1.165, 1.54) is 6.33 Å². The number of aromatic nitrogens is 3. The molecule has 4 atom stereocenters. The second-order valence-electron chi connectivity index (χ2n) is 7.73. The normalized spacial score (nSPS) is 24.1. The molecule has 1 saturated carbocycles. The molecule has 4 rings (SSSR count). The van der Waals surface area contributed by atoms with Crippen LogP contribution in [0.3, 0.4) is 0 Å². The van der Waals surface area contributed by atoms with Crippen LogP contribution in [0.25, 0.3) is 11.0 Å². The second kappa shape index (κ2) is 8.81. The summed E-state index contributed by atoms with van der Waals surface area (Å²) in [6.45, 7) is -0.298. The lowest BCUT2D eigenvalue weighted by atomic mass is 10.1. The molecule has 1 aliphatic rings. The molecule has 1 fully saturated rings. The zero-order chi connectivity index (χ0) is 22.2. The maximum Gasteiger partial charge on any atom is 0.333 e. The zero-order valence-electron chi connectivity index (χ0n) is 16.5. The van der Waals surface area contributed by atoms with Crippen molar-refractivity contribution in [3.63, 3.8) is 0 Å². The minimum absolute atomic E-state index is 0.298. The summed E-state index contributed by atoms with van der Waals surface area (Å²) in [7, 11) is -4.12. The van der Waals surface area contributed by atoms with Crippen LogP contribution in [-0.2, 0) is 27.3 Å². The van der Waals surface area contributed by atoms with Crippen molar-refractivity contribution in [3.8, 4) is 0 Å². The summed E-state index contributed by atoms with van der Waals surface area (Å²) in [6.07, 6.45) is 2.83. The summed E-state index contributed by atoms with van der Waals surface area (Å²) >= 11 is 5.94. The van der Waals surface area contributed by atoms with Crippen molar-refractivity contribution in [1.29, 1.82) is 0 Å². The largest absolute Gasteiger partial charge is 0.390 e. The Balaban J connectivity index is 1.54. The van der Waals surface area contributed by atoms with E-state index in [0.717, 1.165) is 23.1 Å². The van der Waals surface area contributed by atoms with Crippen LogP contribution in [0.1, 0.15) is 23.7 Å². The highest BCUT2D eigenvalue weighted by molar-refractivity contribution is 7.84. The lowest BCUT2D eigenvalue weighted by molar-refractivity contribution is -0.000933. The van der Waals surface area contributed by atoms with Crippen LogP contribution in [0.2, 0.25) is 5.02 Å². The standard InChI is InChI=1S/C20H23ClN4O5S/c21-14-4-1-12(2-5-14)3-6-16-15-7-8-25(20(15)24-11-23-16)17-9-13(18(26)19(17)27)10-30-31(22,28)29/h1-2,4-5,7-8,11,13,17-19,26-27H,3,6,9-10H2,(H2,22,28,29)/t13-,17+,18+,19-/m0/s1. The van der Waals surface area contributed by atoms with Crippen LogP contribution in [0.4, 0.5) is 0 Å². The number of nitrogens with zero attached hydrogens (tertiary/aromatic N) is 3. The molecular weight excluding hydrogens is 444 g/mol. The Morgan fingerprint density at radius 1 is 1.13 bits per heavy atom. The quantitative estimate of drug-likeness (QED) is 0.477. The van der Waals surface area contributed by atoms with Crippen LogP contribution in [0, 0.1) is 5.92 Å². The summed E-state index contributed by atoms with van der Waals surface area (Å²) in [5.74, 6) is -0.581. The van der Waals surface area contributed by atoms with E-state index in [1.54, 1.807) is 10.8 Å². The number of hydrogen-bond donors (Lipinski definition) is 3. The molecule has 0 spiro atoms. The molecule has 0 unspecified atom stereocenters. The van der Waals surface area contributed by atoms with E-state index in [-0.39, 0.29) is 6.61 Å². The number of aryl methyl sites for hydroxylation is 2. The van der Waals surface area contributed by atoms with E-state index in [9.17, 15) is 18.6 Å². The minimum atomic E-state index is -4.12. The SMILES string of the molecule is NS(=O)(=O)OC[C@@H]1C[C@@H](n2ccc3c(CCc4ccc(Cl)cc4)ncnc32)[C@H](O)[C@@H]1O. The summed E-state index contributed by atoms with van der Waals surface area (Å²) in [5.41, 5.74) is 2.66. The van der Waals surface area contributed by atoms with Gasteiger partial charge in [0.2, 0.25) is 0 Å². The molecule has 0 radical (unpaired) electrons. The van der Waals surface area contributed by atoms with Crippen molar-refractivity contribution in [2.24, 2.45) is 11.1 Å². The highest BCUT2D eigenvalue weighted by Crippen LogP contribution is 2.37. The van der Waals surface area contributed by atoms with E-state index in [1.807, 2.05) is 30.3 Å². The van der Waals surface area contributed by atoms with Gasteiger partial charge in [-0.1, -0.05) is 23.7 Å². The van der Waals surface area contributed by atoms with Crippen molar-refractivity contribution in [2.45, 2.75) is 37.5 Å². The minimum Gasteiger partial charge on any atom is -0.390 e. The van der Waals surface area contributed by atoms with Crippen molar-refractivity contribution in [2.75, 3.05) is 6.61 Å². The van der Waals surface area contributed by atoms with Gasteiger partial charge >= 0.3 is 10.3 Å². The number of hydrogen-bond acceptors (Lipinski definition) is 7. The van der Waals surface area contributed by atoms with Gasteiger partial charge in [0.1, 0.15) is 18.1 Å². The fourth-order valence-corrected chi connectivity index (χ4v) is 4.62. The molecule has 4 N–H and O–H groups in total. The van der Waals surface area contributed by atoms with Crippen molar-refractivity contribution >= 4 is 32.9 Å². The predicted octanol–water partition coefficient (Wildman–Crippen LogP) is 1.37. The van der Waals surface area contributed by atoms with Crippen molar-refractivity contribution < 1.29 is 22.8 Å². The molecule has 1 aliphatic carbocycles. The molecule has 1 aromatic carbocycles. The first-order valence-corrected chi connectivity index (χ1v) is 11.7. The Labute approximate surface area is 184 Å². The molecule has 11 heteroatoms. The monoisotopic (exact) mass is 466 g/mol. The molecule has 0 bridgehead atoms. The second-order valence-corrected chi connectivity index (χ2v) is 9.39. The number of aliphatic hydroxyl groups is 2.